The predicted molar refractivity (Wildman–Crippen MR) is 72.0 cm³/mol. The molecule has 0 saturated carbocycles. The molecule has 5 nitrogen and oxygen atoms in total. The van der Waals surface area contributed by atoms with E-state index in [9.17, 15) is 0 Å². The van der Waals surface area contributed by atoms with E-state index in [0.29, 0.717) is 39.5 Å². The molecule has 3 rings (SSSR count). The summed E-state index contributed by atoms with van der Waals surface area (Å²) in [6.45, 7) is 3.75. The van der Waals surface area contributed by atoms with E-state index in [1.807, 2.05) is 12.1 Å². The van der Waals surface area contributed by atoms with Gasteiger partial charge in [-0.25, -0.2) is 0 Å². The van der Waals surface area contributed by atoms with Gasteiger partial charge in [0.2, 0.25) is 0 Å². The Morgan fingerprint density at radius 1 is 0.789 bits per heavy atom. The van der Waals surface area contributed by atoms with Gasteiger partial charge in [-0.3, -0.25) is 9.98 Å². The molecule has 1 aliphatic heterocycles. The van der Waals surface area contributed by atoms with Crippen molar-refractivity contribution in [3.63, 3.8) is 0 Å². The van der Waals surface area contributed by atoms with Gasteiger partial charge in [-0.05, 0) is 0 Å². The molecule has 0 spiro atoms. The Kier molecular flexibility index (Phi) is 3.86. The smallest absolute Gasteiger partial charge is 0.134 e. The van der Waals surface area contributed by atoms with Crippen LogP contribution in [0.3, 0.4) is 0 Å². The normalized spacial score (nSPS) is 17.7. The van der Waals surface area contributed by atoms with E-state index in [-0.39, 0.29) is 0 Å². The first-order chi connectivity index (χ1) is 9.45. The van der Waals surface area contributed by atoms with E-state index in [0.717, 1.165) is 21.7 Å². The molecule has 1 aliphatic rings. The van der Waals surface area contributed by atoms with Crippen LogP contribution < -0.4 is 11.0 Å². The Morgan fingerprint density at radius 3 is 1.84 bits per heavy atom. The fraction of sp³-hybridized carbons (Fsp3) is 0.429. The maximum Gasteiger partial charge on any atom is 0.134 e. The largest absolute Gasteiger partial charge is 0.377 e. The molecule has 0 saturated heterocycles. The zero-order valence-electron chi connectivity index (χ0n) is 10.8. The number of nitrogens with zero attached hydrogens (tertiary/aromatic N) is 2. The highest BCUT2D eigenvalue weighted by molar-refractivity contribution is 5.81. The SMILES string of the molecule is c1ccc2c3[nH]c(c2c1)=NCCOCCOCCN=3. The predicted octanol–water partition coefficient (Wildman–Crippen LogP) is 0.454. The number of H-pyrrole nitrogens is 1. The number of aromatic nitrogens is 1. The summed E-state index contributed by atoms with van der Waals surface area (Å²) in [4.78, 5) is 12.4. The van der Waals surface area contributed by atoms with Gasteiger partial charge in [0.05, 0.1) is 39.5 Å². The molecule has 0 atom stereocenters. The van der Waals surface area contributed by atoms with Crippen molar-refractivity contribution in [3.8, 4) is 0 Å². The van der Waals surface area contributed by atoms with Gasteiger partial charge in [-0.15, -0.1) is 0 Å². The number of aromatic amines is 1. The maximum absolute atomic E-state index is 5.44. The lowest BCUT2D eigenvalue weighted by atomic mass is 10.2. The van der Waals surface area contributed by atoms with Gasteiger partial charge >= 0.3 is 0 Å². The van der Waals surface area contributed by atoms with Crippen LogP contribution in [0.2, 0.25) is 0 Å². The lowest BCUT2D eigenvalue weighted by Gasteiger charge is -2.03. The van der Waals surface area contributed by atoms with Crippen LogP contribution in [-0.2, 0) is 9.47 Å². The molecular formula is C14H17N3O2. The number of rotatable bonds is 0. The first kappa shape index (κ1) is 12.3. The second-order valence-corrected chi connectivity index (χ2v) is 4.36. The summed E-state index contributed by atoms with van der Waals surface area (Å²) < 4.78 is 10.9. The Balaban J connectivity index is 2.07. The number of benzene rings is 1. The minimum Gasteiger partial charge on any atom is -0.377 e. The van der Waals surface area contributed by atoms with Crippen LogP contribution in [-0.4, -0.2) is 44.5 Å². The van der Waals surface area contributed by atoms with Gasteiger partial charge in [0.1, 0.15) is 11.0 Å². The van der Waals surface area contributed by atoms with Crippen LogP contribution in [0.25, 0.3) is 10.8 Å². The molecule has 0 radical (unpaired) electrons. The van der Waals surface area contributed by atoms with E-state index in [2.05, 4.69) is 27.1 Å². The topological polar surface area (TPSA) is 59.0 Å². The summed E-state index contributed by atoms with van der Waals surface area (Å²) >= 11 is 0. The molecule has 2 bridgehead atoms. The molecule has 19 heavy (non-hydrogen) atoms. The number of ether oxygens (including phenoxy) is 2. The van der Waals surface area contributed by atoms with Crippen LogP contribution in [0.4, 0.5) is 0 Å². The van der Waals surface area contributed by atoms with Crippen molar-refractivity contribution < 1.29 is 9.47 Å². The van der Waals surface area contributed by atoms with Crippen molar-refractivity contribution in [1.82, 2.24) is 4.98 Å². The molecule has 0 aliphatic carbocycles. The minimum absolute atomic E-state index is 0.614. The second kappa shape index (κ2) is 5.95. The maximum atomic E-state index is 5.44. The lowest BCUT2D eigenvalue weighted by molar-refractivity contribution is 0.0538. The molecule has 0 amide bonds. The highest BCUT2D eigenvalue weighted by Crippen LogP contribution is 2.03. The van der Waals surface area contributed by atoms with E-state index < -0.39 is 0 Å². The summed E-state index contributed by atoms with van der Waals surface area (Å²) in [6.07, 6.45) is 0. The zero-order chi connectivity index (χ0) is 12.9. The summed E-state index contributed by atoms with van der Waals surface area (Å²) in [5.41, 5.74) is 1.77. The average molecular weight is 259 g/mol. The first-order valence-electron chi connectivity index (χ1n) is 6.56. The van der Waals surface area contributed by atoms with Crippen molar-refractivity contribution in [2.75, 3.05) is 39.5 Å². The lowest BCUT2D eigenvalue weighted by Crippen LogP contribution is -2.13. The molecule has 2 aromatic rings. The van der Waals surface area contributed by atoms with Gasteiger partial charge in [0.15, 0.2) is 0 Å². The van der Waals surface area contributed by atoms with Gasteiger partial charge in [-0.2, -0.15) is 0 Å². The molecule has 1 aromatic carbocycles. The number of hydrogen-bond donors (Lipinski definition) is 1. The van der Waals surface area contributed by atoms with Gasteiger partial charge in [-0.1, -0.05) is 24.3 Å². The number of nitrogens with one attached hydrogen (secondary N) is 1. The molecular weight excluding hydrogens is 242 g/mol. The van der Waals surface area contributed by atoms with Crippen LogP contribution in [0.5, 0.6) is 0 Å². The molecule has 5 heteroatoms. The summed E-state index contributed by atoms with van der Waals surface area (Å²) in [5, 5.41) is 2.22. The highest BCUT2D eigenvalue weighted by Gasteiger charge is 2.02. The minimum atomic E-state index is 0.614. The van der Waals surface area contributed by atoms with Crippen LogP contribution >= 0.6 is 0 Å². The Labute approximate surface area is 111 Å². The quantitative estimate of drug-likeness (QED) is 0.747. The summed E-state index contributed by atoms with van der Waals surface area (Å²) in [7, 11) is 0. The third kappa shape index (κ3) is 2.83. The van der Waals surface area contributed by atoms with Crippen LogP contribution in [0.1, 0.15) is 0 Å². The molecule has 1 N–H and O–H groups in total. The fourth-order valence-corrected chi connectivity index (χ4v) is 2.16. The van der Waals surface area contributed by atoms with Crippen molar-refractivity contribution in [2.45, 2.75) is 0 Å². The Hall–Kier alpha value is -1.72. The first-order valence-corrected chi connectivity index (χ1v) is 6.56. The van der Waals surface area contributed by atoms with E-state index >= 15 is 0 Å². The molecule has 0 unspecified atom stereocenters. The van der Waals surface area contributed by atoms with Crippen molar-refractivity contribution in [3.05, 3.63) is 35.2 Å². The van der Waals surface area contributed by atoms with Gasteiger partial charge < -0.3 is 14.5 Å². The van der Waals surface area contributed by atoms with E-state index in [1.165, 1.54) is 0 Å². The van der Waals surface area contributed by atoms with Crippen LogP contribution in [0, 0.1) is 0 Å². The standard InChI is InChI=1S/C14H17N3O2/c1-2-4-12-11(3-1)13-15-5-7-18-9-10-19-8-6-16-14(12)17-13/h1-4H,5-10H2,(H,15,16,17). The summed E-state index contributed by atoms with van der Waals surface area (Å²) in [6, 6.07) is 8.16. The van der Waals surface area contributed by atoms with E-state index in [1.54, 1.807) is 0 Å². The summed E-state index contributed by atoms with van der Waals surface area (Å²) in [5.74, 6) is 0. The number of hydrogen-bond acceptors (Lipinski definition) is 4. The fourth-order valence-electron chi connectivity index (χ4n) is 2.16. The Morgan fingerprint density at radius 2 is 1.32 bits per heavy atom. The van der Waals surface area contributed by atoms with Gasteiger partial charge in [0, 0.05) is 10.8 Å². The van der Waals surface area contributed by atoms with Crippen molar-refractivity contribution in [2.24, 2.45) is 9.98 Å². The highest BCUT2D eigenvalue weighted by atomic mass is 16.5. The molecule has 0 fully saturated rings. The van der Waals surface area contributed by atoms with Gasteiger partial charge in [0.25, 0.3) is 0 Å². The Bertz CT molecular complexity index is 607. The molecule has 1 aromatic heterocycles. The zero-order valence-corrected chi connectivity index (χ0v) is 10.8. The third-order valence-corrected chi connectivity index (χ3v) is 3.06. The van der Waals surface area contributed by atoms with E-state index in [4.69, 9.17) is 9.47 Å². The molecule has 100 valence electrons. The van der Waals surface area contributed by atoms with Crippen molar-refractivity contribution in [1.29, 1.82) is 0 Å². The monoisotopic (exact) mass is 259 g/mol. The second-order valence-electron chi connectivity index (χ2n) is 4.36. The van der Waals surface area contributed by atoms with Crippen molar-refractivity contribution >= 4 is 10.8 Å². The third-order valence-electron chi connectivity index (χ3n) is 3.06. The average Bonchev–Trinajstić information content (AvgIpc) is 2.80. The number of fused-ring (bicyclic) bond motifs is 5. The van der Waals surface area contributed by atoms with Crippen LogP contribution in [0.15, 0.2) is 34.3 Å². The molecule has 2 heterocycles.